The van der Waals surface area contributed by atoms with Gasteiger partial charge in [0.25, 0.3) is 0 Å². The molecule has 1 aromatic carbocycles. The van der Waals surface area contributed by atoms with Crippen molar-refractivity contribution in [3.63, 3.8) is 0 Å². The van der Waals surface area contributed by atoms with E-state index in [1.165, 1.54) is 50.3 Å². The van der Waals surface area contributed by atoms with Gasteiger partial charge in [-0.3, -0.25) is 0 Å². The van der Waals surface area contributed by atoms with Crippen molar-refractivity contribution in [1.29, 1.82) is 0 Å². The molecule has 4 rings (SSSR count). The van der Waals surface area contributed by atoms with Crippen molar-refractivity contribution in [2.24, 2.45) is 23.2 Å². The number of rotatable bonds is 7. The zero-order valence-electron chi connectivity index (χ0n) is 16.4. The van der Waals surface area contributed by atoms with Crippen LogP contribution in [0.2, 0.25) is 0 Å². The summed E-state index contributed by atoms with van der Waals surface area (Å²) in [6, 6.07) is 10.9. The quantitative estimate of drug-likeness (QED) is 0.772. The van der Waals surface area contributed by atoms with Crippen LogP contribution in [0.5, 0.6) is 0 Å². The smallest absolute Gasteiger partial charge is 0.211 e. The summed E-state index contributed by atoms with van der Waals surface area (Å²) in [7, 11) is -3.09. The fraction of sp³-hybridized carbons (Fsp3) is 0.727. The number of hydrogen-bond donors (Lipinski definition) is 1. The fourth-order valence-electron chi connectivity index (χ4n) is 5.79. The van der Waals surface area contributed by atoms with Gasteiger partial charge in [-0.15, -0.1) is 0 Å². The SMILES string of the molecule is CS(=O)(=O)N1CC(CCO)(C2CCC(C[C@@H]3CC3c3ccccc3)CC2)C1. The lowest BCUT2D eigenvalue weighted by atomic mass is 9.62. The predicted molar refractivity (Wildman–Crippen MR) is 108 cm³/mol. The summed E-state index contributed by atoms with van der Waals surface area (Å²) < 4.78 is 25.1. The Kier molecular flexibility index (Phi) is 5.38. The standard InChI is InChI=1S/C22H33NO3S/c1-27(25,26)23-15-22(16-23,11-12-24)20-9-7-17(8-10-20)13-19-14-21(19)18-5-3-2-4-6-18/h2-6,17,19-21,24H,7-16H2,1H3/t17?,19-,20?,21?/m1/s1. The summed E-state index contributed by atoms with van der Waals surface area (Å²) in [6.45, 7) is 1.39. The van der Waals surface area contributed by atoms with Crippen molar-refractivity contribution >= 4 is 10.0 Å². The predicted octanol–water partition coefficient (Wildman–Crippen LogP) is 3.63. The first-order valence-electron chi connectivity index (χ1n) is 10.5. The molecule has 1 unspecified atom stereocenters. The Hall–Kier alpha value is -0.910. The minimum atomic E-state index is -3.09. The maximum atomic E-state index is 11.8. The number of nitrogens with zero attached hydrogens (tertiary/aromatic N) is 1. The molecule has 1 aliphatic heterocycles. The van der Waals surface area contributed by atoms with Crippen LogP contribution in [0, 0.1) is 23.2 Å². The molecule has 1 heterocycles. The Labute approximate surface area is 164 Å². The summed E-state index contributed by atoms with van der Waals surface area (Å²) in [5, 5.41) is 9.54. The van der Waals surface area contributed by atoms with Crippen LogP contribution in [-0.4, -0.2) is 43.8 Å². The molecule has 27 heavy (non-hydrogen) atoms. The molecule has 0 aromatic heterocycles. The first-order valence-corrected chi connectivity index (χ1v) is 12.4. The molecule has 1 saturated heterocycles. The highest BCUT2D eigenvalue weighted by molar-refractivity contribution is 7.88. The van der Waals surface area contributed by atoms with Gasteiger partial charge in [-0.2, -0.15) is 0 Å². The topological polar surface area (TPSA) is 57.6 Å². The number of sulfonamides is 1. The summed E-state index contributed by atoms with van der Waals surface area (Å²) in [5.41, 5.74) is 1.53. The van der Waals surface area contributed by atoms with Gasteiger partial charge in [-0.25, -0.2) is 12.7 Å². The Bertz CT molecular complexity index is 734. The van der Waals surface area contributed by atoms with Gasteiger partial charge in [0.15, 0.2) is 0 Å². The molecule has 0 amide bonds. The van der Waals surface area contributed by atoms with E-state index in [1.54, 1.807) is 4.31 Å². The van der Waals surface area contributed by atoms with Crippen LogP contribution in [0.4, 0.5) is 0 Å². The Morgan fingerprint density at radius 2 is 1.78 bits per heavy atom. The lowest BCUT2D eigenvalue weighted by molar-refractivity contribution is -0.0346. The Morgan fingerprint density at radius 3 is 2.37 bits per heavy atom. The van der Waals surface area contributed by atoms with E-state index in [4.69, 9.17) is 0 Å². The molecular formula is C22H33NO3S. The average Bonchev–Trinajstić information content (AvgIpc) is 3.37. The minimum absolute atomic E-state index is 0.0228. The van der Waals surface area contributed by atoms with Crippen LogP contribution in [0.3, 0.4) is 0 Å². The van der Waals surface area contributed by atoms with Crippen LogP contribution in [0.1, 0.15) is 56.4 Å². The highest BCUT2D eigenvalue weighted by atomic mass is 32.2. The summed E-state index contributed by atoms with van der Waals surface area (Å²) >= 11 is 0. The second-order valence-electron chi connectivity index (χ2n) is 9.33. The highest BCUT2D eigenvalue weighted by Gasteiger charge is 2.51. The molecule has 2 aliphatic carbocycles. The van der Waals surface area contributed by atoms with Crippen LogP contribution >= 0.6 is 0 Å². The molecule has 1 N–H and O–H groups in total. The molecule has 0 bridgehead atoms. The summed E-state index contributed by atoms with van der Waals surface area (Å²) in [6.07, 6.45) is 9.69. The van der Waals surface area contributed by atoms with Crippen molar-refractivity contribution in [3.8, 4) is 0 Å². The second-order valence-corrected chi connectivity index (χ2v) is 11.3. The first kappa shape index (κ1) is 19.4. The van der Waals surface area contributed by atoms with Gasteiger partial charge in [0.05, 0.1) is 6.26 Å². The monoisotopic (exact) mass is 391 g/mol. The van der Waals surface area contributed by atoms with Crippen LogP contribution in [0.25, 0.3) is 0 Å². The molecular weight excluding hydrogens is 358 g/mol. The molecule has 3 fully saturated rings. The third kappa shape index (κ3) is 4.10. The van der Waals surface area contributed by atoms with Crippen LogP contribution in [-0.2, 0) is 10.0 Å². The van der Waals surface area contributed by atoms with Gasteiger partial charge in [0.2, 0.25) is 10.0 Å². The number of aliphatic hydroxyl groups is 1. The maximum Gasteiger partial charge on any atom is 0.211 e. The van der Waals surface area contributed by atoms with E-state index in [-0.39, 0.29) is 12.0 Å². The highest BCUT2D eigenvalue weighted by Crippen LogP contribution is 2.54. The molecule has 2 atom stereocenters. The molecule has 0 spiro atoms. The Morgan fingerprint density at radius 1 is 1.11 bits per heavy atom. The van der Waals surface area contributed by atoms with Crippen molar-refractivity contribution in [3.05, 3.63) is 35.9 Å². The van der Waals surface area contributed by atoms with Crippen molar-refractivity contribution < 1.29 is 13.5 Å². The van der Waals surface area contributed by atoms with E-state index in [1.807, 2.05) is 0 Å². The summed E-state index contributed by atoms with van der Waals surface area (Å²) in [5.74, 6) is 3.05. The van der Waals surface area contributed by atoms with E-state index in [9.17, 15) is 13.5 Å². The molecule has 0 radical (unpaired) electrons. The zero-order valence-corrected chi connectivity index (χ0v) is 17.2. The molecule has 150 valence electrons. The minimum Gasteiger partial charge on any atom is -0.396 e. The largest absolute Gasteiger partial charge is 0.396 e. The van der Waals surface area contributed by atoms with E-state index in [2.05, 4.69) is 30.3 Å². The molecule has 1 aromatic rings. The van der Waals surface area contributed by atoms with Crippen molar-refractivity contribution in [1.82, 2.24) is 4.31 Å². The van der Waals surface area contributed by atoms with Gasteiger partial charge in [-0.05, 0) is 61.3 Å². The third-order valence-corrected chi connectivity index (χ3v) is 8.76. The molecule has 2 saturated carbocycles. The van der Waals surface area contributed by atoms with Crippen molar-refractivity contribution in [2.45, 2.75) is 50.9 Å². The van der Waals surface area contributed by atoms with E-state index in [0.29, 0.717) is 19.0 Å². The van der Waals surface area contributed by atoms with Crippen molar-refractivity contribution in [2.75, 3.05) is 26.0 Å². The molecule has 4 nitrogen and oxygen atoms in total. The summed E-state index contributed by atoms with van der Waals surface area (Å²) in [4.78, 5) is 0. The number of aliphatic hydroxyl groups excluding tert-OH is 1. The van der Waals surface area contributed by atoms with Gasteiger partial charge < -0.3 is 5.11 Å². The lowest BCUT2D eigenvalue weighted by Crippen LogP contribution is -2.62. The Balaban J connectivity index is 1.27. The molecule has 5 heteroatoms. The van der Waals surface area contributed by atoms with Crippen LogP contribution in [0.15, 0.2) is 30.3 Å². The van der Waals surface area contributed by atoms with E-state index < -0.39 is 10.0 Å². The number of benzene rings is 1. The average molecular weight is 392 g/mol. The van der Waals surface area contributed by atoms with E-state index >= 15 is 0 Å². The van der Waals surface area contributed by atoms with Gasteiger partial charge in [0, 0.05) is 25.1 Å². The maximum absolute atomic E-state index is 11.8. The van der Waals surface area contributed by atoms with Gasteiger partial charge in [0.1, 0.15) is 0 Å². The first-order chi connectivity index (χ1) is 12.9. The molecule has 3 aliphatic rings. The normalized spacial score (nSPS) is 33.4. The number of hydrogen-bond acceptors (Lipinski definition) is 3. The fourth-order valence-corrected chi connectivity index (χ4v) is 6.77. The van der Waals surface area contributed by atoms with Crippen LogP contribution < -0.4 is 0 Å². The van der Waals surface area contributed by atoms with E-state index in [0.717, 1.165) is 24.2 Å². The van der Waals surface area contributed by atoms with Gasteiger partial charge in [-0.1, -0.05) is 43.2 Å². The lowest BCUT2D eigenvalue weighted by Gasteiger charge is -2.54. The zero-order chi connectivity index (χ0) is 19.1. The van der Waals surface area contributed by atoms with Gasteiger partial charge >= 0.3 is 0 Å². The second kappa shape index (κ2) is 7.49. The third-order valence-electron chi connectivity index (χ3n) is 7.56.